The summed E-state index contributed by atoms with van der Waals surface area (Å²) in [6.45, 7) is 7.25. The third-order valence-electron chi connectivity index (χ3n) is 9.82. The van der Waals surface area contributed by atoms with Crippen LogP contribution in [0.25, 0.3) is 0 Å². The molecule has 3 aliphatic carbocycles. The van der Waals surface area contributed by atoms with Crippen LogP contribution in [0.5, 0.6) is 0 Å². The summed E-state index contributed by atoms with van der Waals surface area (Å²) in [5.41, 5.74) is 1.22. The molecule has 0 spiro atoms. The van der Waals surface area contributed by atoms with Crippen molar-refractivity contribution in [2.24, 2.45) is 40.4 Å². The fourth-order valence-electron chi connectivity index (χ4n) is 8.23. The van der Waals surface area contributed by atoms with E-state index in [9.17, 15) is 9.59 Å². The van der Waals surface area contributed by atoms with Crippen LogP contribution < -0.4 is 10.6 Å². The van der Waals surface area contributed by atoms with Gasteiger partial charge in [-0.1, -0.05) is 39.0 Å². The fraction of sp³-hybridized carbons (Fsp3) is 0.692. The quantitative estimate of drug-likeness (QED) is 0.723. The second kappa shape index (κ2) is 7.10. The van der Waals surface area contributed by atoms with E-state index < -0.39 is 0 Å². The maximum atomic E-state index is 13.3. The van der Waals surface area contributed by atoms with E-state index in [1.807, 2.05) is 30.3 Å². The van der Waals surface area contributed by atoms with Crippen LogP contribution in [0.15, 0.2) is 30.3 Å². The highest BCUT2D eigenvalue weighted by Crippen LogP contribution is 2.66. The molecule has 1 heterocycles. The lowest BCUT2D eigenvalue weighted by Crippen LogP contribution is -2.63. The van der Waals surface area contributed by atoms with Crippen LogP contribution in [0.3, 0.4) is 0 Å². The molecule has 4 nitrogen and oxygen atoms in total. The monoisotopic (exact) mass is 408 g/mol. The predicted molar refractivity (Wildman–Crippen MR) is 119 cm³/mol. The van der Waals surface area contributed by atoms with Crippen molar-refractivity contribution in [3.63, 3.8) is 0 Å². The summed E-state index contributed by atoms with van der Waals surface area (Å²) in [5, 5.41) is 6.54. The van der Waals surface area contributed by atoms with Crippen LogP contribution in [-0.2, 0) is 9.59 Å². The molecule has 0 radical (unpaired) electrons. The molecule has 30 heavy (non-hydrogen) atoms. The highest BCUT2D eigenvalue weighted by atomic mass is 16.2. The Bertz CT molecular complexity index is 839. The van der Waals surface area contributed by atoms with Crippen LogP contribution in [0, 0.1) is 40.4 Å². The molecule has 1 aliphatic heterocycles. The van der Waals surface area contributed by atoms with Crippen molar-refractivity contribution in [1.82, 2.24) is 5.32 Å². The topological polar surface area (TPSA) is 58.2 Å². The summed E-state index contributed by atoms with van der Waals surface area (Å²) in [7, 11) is 0. The average molecular weight is 409 g/mol. The van der Waals surface area contributed by atoms with E-state index in [2.05, 4.69) is 31.4 Å². The highest BCUT2D eigenvalue weighted by molar-refractivity contribution is 5.93. The number of rotatable bonds is 2. The SMILES string of the molecule is C[C@H]1C[C@H]2NC(=O)CC[C@]2(C)[C@H]2CC[C@]3(C)[C@@H](C(=O)Nc4ccccc4)CC[C@H]3[C@H]12. The lowest BCUT2D eigenvalue weighted by Gasteiger charge is -2.62. The first-order valence-electron chi connectivity index (χ1n) is 12.0. The number of benzene rings is 1. The number of carbonyl (C=O) groups excluding carboxylic acids is 2. The highest BCUT2D eigenvalue weighted by Gasteiger charge is 2.62. The van der Waals surface area contributed by atoms with Gasteiger partial charge in [-0.15, -0.1) is 0 Å². The van der Waals surface area contributed by atoms with Crippen molar-refractivity contribution in [3.8, 4) is 0 Å². The zero-order chi connectivity index (χ0) is 21.1. The Kier molecular flexibility index (Phi) is 4.75. The maximum absolute atomic E-state index is 13.3. The van der Waals surface area contributed by atoms with Crippen molar-refractivity contribution >= 4 is 17.5 Å². The van der Waals surface area contributed by atoms with E-state index >= 15 is 0 Å². The van der Waals surface area contributed by atoms with Crippen LogP contribution in [0.1, 0.15) is 65.7 Å². The smallest absolute Gasteiger partial charge is 0.228 e. The minimum atomic E-state index is 0.0927. The van der Waals surface area contributed by atoms with Crippen molar-refractivity contribution in [2.75, 3.05) is 5.32 Å². The van der Waals surface area contributed by atoms with E-state index in [0.717, 1.165) is 31.4 Å². The summed E-state index contributed by atoms with van der Waals surface area (Å²) < 4.78 is 0. The Balaban J connectivity index is 1.39. The molecular weight excluding hydrogens is 372 g/mol. The third-order valence-corrected chi connectivity index (χ3v) is 9.82. The molecule has 2 amide bonds. The molecule has 4 fully saturated rings. The Hall–Kier alpha value is -1.84. The Morgan fingerprint density at radius 2 is 1.77 bits per heavy atom. The molecule has 2 N–H and O–H groups in total. The predicted octanol–water partition coefficient (Wildman–Crippen LogP) is 5.01. The largest absolute Gasteiger partial charge is 0.353 e. The number of hydrogen-bond donors (Lipinski definition) is 2. The van der Waals surface area contributed by atoms with Gasteiger partial charge >= 0.3 is 0 Å². The van der Waals surface area contributed by atoms with E-state index in [1.165, 1.54) is 12.8 Å². The second-order valence-electron chi connectivity index (χ2n) is 11.2. The molecule has 1 saturated heterocycles. The van der Waals surface area contributed by atoms with Gasteiger partial charge in [-0.05, 0) is 85.2 Å². The van der Waals surface area contributed by atoms with Gasteiger partial charge in [0.2, 0.25) is 11.8 Å². The minimum absolute atomic E-state index is 0.0927. The molecule has 162 valence electrons. The van der Waals surface area contributed by atoms with Crippen molar-refractivity contribution in [1.29, 1.82) is 0 Å². The molecule has 1 aromatic rings. The first kappa shape index (κ1) is 20.1. The molecule has 0 aromatic heterocycles. The first-order chi connectivity index (χ1) is 14.3. The lowest BCUT2D eigenvalue weighted by atomic mass is 9.45. The van der Waals surface area contributed by atoms with Gasteiger partial charge in [-0.25, -0.2) is 0 Å². The number of hydrogen-bond acceptors (Lipinski definition) is 2. The number of anilines is 1. The molecule has 4 heteroatoms. The zero-order valence-electron chi connectivity index (χ0n) is 18.6. The minimum Gasteiger partial charge on any atom is -0.353 e. The Morgan fingerprint density at radius 3 is 2.53 bits per heavy atom. The molecular formula is C26H36N2O2. The van der Waals surface area contributed by atoms with E-state index in [4.69, 9.17) is 0 Å². The molecule has 0 bridgehead atoms. The summed E-state index contributed by atoms with van der Waals surface area (Å²) in [6.07, 6.45) is 7.30. The van der Waals surface area contributed by atoms with Crippen molar-refractivity contribution in [3.05, 3.63) is 30.3 Å². The van der Waals surface area contributed by atoms with Crippen LogP contribution >= 0.6 is 0 Å². The third kappa shape index (κ3) is 2.93. The van der Waals surface area contributed by atoms with E-state index in [1.54, 1.807) is 0 Å². The zero-order valence-corrected chi connectivity index (χ0v) is 18.6. The number of para-hydroxylation sites is 1. The number of amides is 2. The van der Waals surface area contributed by atoms with Gasteiger partial charge in [0.1, 0.15) is 0 Å². The Morgan fingerprint density at radius 1 is 1.03 bits per heavy atom. The number of piperidine rings is 1. The molecule has 5 rings (SSSR count). The lowest BCUT2D eigenvalue weighted by molar-refractivity contribution is -0.146. The first-order valence-corrected chi connectivity index (χ1v) is 12.0. The van der Waals surface area contributed by atoms with E-state index in [-0.39, 0.29) is 28.6 Å². The van der Waals surface area contributed by atoms with Gasteiger partial charge in [0.05, 0.1) is 0 Å². The Labute approximate surface area is 180 Å². The van der Waals surface area contributed by atoms with Crippen molar-refractivity contribution < 1.29 is 9.59 Å². The van der Waals surface area contributed by atoms with Crippen molar-refractivity contribution in [2.45, 2.75) is 71.8 Å². The van der Waals surface area contributed by atoms with Gasteiger partial charge in [0, 0.05) is 24.1 Å². The summed E-state index contributed by atoms with van der Waals surface area (Å²) >= 11 is 0. The maximum Gasteiger partial charge on any atom is 0.228 e. The molecule has 0 unspecified atom stereocenters. The number of carbonyl (C=O) groups is 2. The van der Waals surface area contributed by atoms with Crippen LogP contribution in [0.2, 0.25) is 0 Å². The number of fused-ring (bicyclic) bond motifs is 5. The standard InChI is InChI=1S/C26H36N2O2/c1-16-15-21-26(3,14-12-22(29)28-21)19-11-13-25(2)18(23(16)19)9-10-20(25)24(30)27-17-7-5-4-6-8-17/h4-8,16,18-21,23H,9-15H2,1-3H3,(H,27,30)(H,28,29)/t16-,18-,19-,20+,21+,23-,25-,26+/m0/s1. The van der Waals surface area contributed by atoms with Crippen LogP contribution in [0.4, 0.5) is 5.69 Å². The second-order valence-corrected chi connectivity index (χ2v) is 11.2. The number of nitrogens with one attached hydrogen (secondary N) is 2. The summed E-state index contributed by atoms with van der Waals surface area (Å²) in [5.74, 6) is 3.12. The average Bonchev–Trinajstić information content (AvgIpc) is 3.07. The normalized spacial score (nSPS) is 45.0. The van der Waals surface area contributed by atoms with Gasteiger partial charge in [0.15, 0.2) is 0 Å². The van der Waals surface area contributed by atoms with Gasteiger partial charge in [-0.3, -0.25) is 9.59 Å². The molecule has 1 aromatic carbocycles. The fourth-order valence-corrected chi connectivity index (χ4v) is 8.23. The summed E-state index contributed by atoms with van der Waals surface area (Å²) in [4.78, 5) is 25.4. The van der Waals surface area contributed by atoms with Gasteiger partial charge in [-0.2, -0.15) is 0 Å². The van der Waals surface area contributed by atoms with Gasteiger partial charge < -0.3 is 10.6 Å². The molecule has 4 aliphatic rings. The molecule has 8 atom stereocenters. The van der Waals surface area contributed by atoms with Crippen LogP contribution in [-0.4, -0.2) is 17.9 Å². The summed E-state index contributed by atoms with van der Waals surface area (Å²) in [6, 6.07) is 10.2. The van der Waals surface area contributed by atoms with E-state index in [0.29, 0.717) is 36.1 Å². The van der Waals surface area contributed by atoms with Gasteiger partial charge in [0.25, 0.3) is 0 Å². The molecule has 3 saturated carbocycles.